The minimum Gasteiger partial charge on any atom is -0.384 e. The molecule has 0 saturated carbocycles. The van der Waals surface area contributed by atoms with Gasteiger partial charge in [-0.15, -0.1) is 0 Å². The third-order valence-corrected chi connectivity index (χ3v) is 2.49. The molecule has 2 N–H and O–H groups in total. The van der Waals surface area contributed by atoms with Gasteiger partial charge < -0.3 is 10.5 Å². The second-order valence-electron chi connectivity index (χ2n) is 4.34. The zero-order valence-electron chi connectivity index (χ0n) is 10.8. The number of methoxy groups -OCH3 is 1. The molecule has 18 heavy (non-hydrogen) atoms. The van der Waals surface area contributed by atoms with Crippen LogP contribution in [0.3, 0.4) is 0 Å². The maximum absolute atomic E-state index is 5.75. The van der Waals surface area contributed by atoms with Crippen molar-refractivity contribution >= 4 is 5.82 Å². The quantitative estimate of drug-likeness (QED) is 0.886. The first-order chi connectivity index (χ1) is 8.60. The van der Waals surface area contributed by atoms with Gasteiger partial charge in [0.05, 0.1) is 5.69 Å². The van der Waals surface area contributed by atoms with Gasteiger partial charge in [0, 0.05) is 19.4 Å². The van der Waals surface area contributed by atoms with Crippen molar-refractivity contribution < 1.29 is 4.74 Å². The van der Waals surface area contributed by atoms with Crippen LogP contribution >= 0.6 is 0 Å². The smallest absolute Gasteiger partial charge is 0.159 e. The molecule has 0 spiro atoms. The molecule has 6 nitrogen and oxygen atoms in total. The summed E-state index contributed by atoms with van der Waals surface area (Å²) in [4.78, 5) is 8.44. The van der Waals surface area contributed by atoms with Gasteiger partial charge in [0.2, 0.25) is 0 Å². The maximum Gasteiger partial charge on any atom is 0.159 e. The second-order valence-corrected chi connectivity index (χ2v) is 4.34. The normalized spacial score (nSPS) is 11.1. The molecular formula is C12H17N5O. The van der Waals surface area contributed by atoms with Crippen molar-refractivity contribution in [1.29, 1.82) is 0 Å². The molecular weight excluding hydrogens is 230 g/mol. The number of aromatic nitrogens is 4. The van der Waals surface area contributed by atoms with Crippen LogP contribution in [0.2, 0.25) is 0 Å². The Morgan fingerprint density at radius 1 is 1.39 bits per heavy atom. The molecule has 0 bridgehead atoms. The van der Waals surface area contributed by atoms with Crippen LogP contribution in [0.15, 0.2) is 18.3 Å². The molecule has 0 aliphatic heterocycles. The van der Waals surface area contributed by atoms with E-state index in [9.17, 15) is 0 Å². The summed E-state index contributed by atoms with van der Waals surface area (Å²) >= 11 is 0. The lowest BCUT2D eigenvalue weighted by Crippen LogP contribution is -2.07. The molecule has 0 unspecified atom stereocenters. The average Bonchev–Trinajstić information content (AvgIpc) is 2.78. The summed E-state index contributed by atoms with van der Waals surface area (Å²) in [7, 11) is 1.59. The standard InChI is InChI=1S/C12H17N5O/c1-8(2)9-4-5-17(16-9)12-6-10(13)14-11(15-12)7-18-3/h4-6,8H,7H2,1-3H3,(H2,13,14,15). The van der Waals surface area contributed by atoms with Gasteiger partial charge in [0.15, 0.2) is 11.6 Å². The summed E-state index contributed by atoms with van der Waals surface area (Å²) in [6.07, 6.45) is 1.87. The molecule has 0 radical (unpaired) electrons. The Labute approximate surface area is 106 Å². The fraction of sp³-hybridized carbons (Fsp3) is 0.417. The van der Waals surface area contributed by atoms with Gasteiger partial charge in [-0.1, -0.05) is 13.8 Å². The number of hydrogen-bond donors (Lipinski definition) is 1. The number of rotatable bonds is 4. The van der Waals surface area contributed by atoms with Gasteiger partial charge >= 0.3 is 0 Å². The van der Waals surface area contributed by atoms with Crippen molar-refractivity contribution in [2.75, 3.05) is 12.8 Å². The maximum atomic E-state index is 5.75. The average molecular weight is 247 g/mol. The van der Waals surface area contributed by atoms with Crippen molar-refractivity contribution in [1.82, 2.24) is 19.7 Å². The van der Waals surface area contributed by atoms with E-state index in [0.717, 1.165) is 5.69 Å². The van der Waals surface area contributed by atoms with Gasteiger partial charge in [-0.25, -0.2) is 14.6 Å². The van der Waals surface area contributed by atoms with Crippen LogP contribution in [0.5, 0.6) is 0 Å². The van der Waals surface area contributed by atoms with E-state index in [1.54, 1.807) is 17.9 Å². The number of hydrogen-bond acceptors (Lipinski definition) is 5. The van der Waals surface area contributed by atoms with E-state index in [1.165, 1.54) is 0 Å². The van der Waals surface area contributed by atoms with Gasteiger partial charge in [0.25, 0.3) is 0 Å². The highest BCUT2D eigenvalue weighted by atomic mass is 16.5. The second kappa shape index (κ2) is 5.14. The van der Waals surface area contributed by atoms with Crippen LogP contribution in [0.4, 0.5) is 5.82 Å². The van der Waals surface area contributed by atoms with Crippen LogP contribution in [0, 0.1) is 0 Å². The van der Waals surface area contributed by atoms with Crippen LogP contribution < -0.4 is 5.73 Å². The van der Waals surface area contributed by atoms with Crippen molar-refractivity contribution in [2.24, 2.45) is 0 Å². The molecule has 2 rings (SSSR count). The monoisotopic (exact) mass is 247 g/mol. The Hall–Kier alpha value is -1.95. The van der Waals surface area contributed by atoms with Crippen molar-refractivity contribution in [3.05, 3.63) is 29.8 Å². The molecule has 2 aromatic heterocycles. The zero-order valence-corrected chi connectivity index (χ0v) is 10.8. The van der Waals surface area contributed by atoms with Crippen molar-refractivity contribution in [2.45, 2.75) is 26.4 Å². The number of ether oxygens (including phenoxy) is 1. The fourth-order valence-electron chi connectivity index (χ4n) is 1.59. The lowest BCUT2D eigenvalue weighted by atomic mass is 10.1. The molecule has 2 heterocycles. The highest BCUT2D eigenvalue weighted by Crippen LogP contribution is 2.14. The molecule has 2 aromatic rings. The molecule has 96 valence electrons. The molecule has 0 aliphatic rings. The number of nitrogens with two attached hydrogens (primary N) is 1. The van der Waals surface area contributed by atoms with E-state index >= 15 is 0 Å². The molecule has 0 atom stereocenters. The third kappa shape index (κ3) is 2.65. The van der Waals surface area contributed by atoms with E-state index in [0.29, 0.717) is 30.0 Å². The Morgan fingerprint density at radius 2 is 2.17 bits per heavy atom. The predicted octanol–water partition coefficient (Wildman–Crippen LogP) is 1.51. The first-order valence-corrected chi connectivity index (χ1v) is 5.78. The summed E-state index contributed by atoms with van der Waals surface area (Å²) in [5.41, 5.74) is 6.76. The first kappa shape index (κ1) is 12.5. The van der Waals surface area contributed by atoms with Gasteiger partial charge in [0.1, 0.15) is 12.4 Å². The lowest BCUT2D eigenvalue weighted by molar-refractivity contribution is 0.178. The van der Waals surface area contributed by atoms with Crippen LogP contribution in [-0.2, 0) is 11.3 Å². The third-order valence-electron chi connectivity index (χ3n) is 2.49. The Balaban J connectivity index is 2.36. The molecule has 0 saturated heterocycles. The highest BCUT2D eigenvalue weighted by molar-refractivity contribution is 5.37. The SMILES string of the molecule is COCc1nc(N)cc(-n2ccc(C(C)C)n2)n1. The topological polar surface area (TPSA) is 78.9 Å². The van der Waals surface area contributed by atoms with E-state index in [1.807, 2.05) is 12.3 Å². The summed E-state index contributed by atoms with van der Waals surface area (Å²) in [5.74, 6) is 1.99. The minimum atomic E-state index is 0.330. The molecule has 0 amide bonds. The lowest BCUT2D eigenvalue weighted by Gasteiger charge is -2.05. The summed E-state index contributed by atoms with van der Waals surface area (Å²) in [6, 6.07) is 3.66. The van der Waals surface area contributed by atoms with Crippen molar-refractivity contribution in [3.8, 4) is 5.82 Å². The Bertz CT molecular complexity index is 535. The molecule has 0 aromatic carbocycles. The van der Waals surface area contributed by atoms with Crippen LogP contribution in [-0.4, -0.2) is 26.9 Å². The summed E-state index contributed by atoms with van der Waals surface area (Å²) < 4.78 is 6.71. The molecule has 0 aliphatic carbocycles. The van der Waals surface area contributed by atoms with E-state index in [2.05, 4.69) is 28.9 Å². The summed E-state index contributed by atoms with van der Waals surface area (Å²) in [6.45, 7) is 4.52. The van der Waals surface area contributed by atoms with Crippen LogP contribution in [0.1, 0.15) is 31.3 Å². The number of nitrogen functional groups attached to an aromatic ring is 1. The van der Waals surface area contributed by atoms with Gasteiger partial charge in [-0.05, 0) is 12.0 Å². The highest BCUT2D eigenvalue weighted by Gasteiger charge is 2.08. The van der Waals surface area contributed by atoms with E-state index < -0.39 is 0 Å². The zero-order chi connectivity index (χ0) is 13.1. The van der Waals surface area contributed by atoms with E-state index in [-0.39, 0.29) is 0 Å². The summed E-state index contributed by atoms with van der Waals surface area (Å²) in [5, 5.41) is 4.45. The largest absolute Gasteiger partial charge is 0.384 e. The van der Waals surface area contributed by atoms with Crippen molar-refractivity contribution in [3.63, 3.8) is 0 Å². The Kier molecular flexibility index (Phi) is 3.57. The first-order valence-electron chi connectivity index (χ1n) is 5.78. The van der Waals surface area contributed by atoms with E-state index in [4.69, 9.17) is 10.5 Å². The fourth-order valence-corrected chi connectivity index (χ4v) is 1.59. The van der Waals surface area contributed by atoms with Gasteiger partial charge in [-0.3, -0.25) is 0 Å². The van der Waals surface area contributed by atoms with Crippen LogP contribution in [0.25, 0.3) is 5.82 Å². The number of nitrogens with zero attached hydrogens (tertiary/aromatic N) is 4. The Morgan fingerprint density at radius 3 is 2.78 bits per heavy atom. The number of anilines is 1. The minimum absolute atomic E-state index is 0.330. The molecule has 6 heteroatoms. The van der Waals surface area contributed by atoms with Gasteiger partial charge in [-0.2, -0.15) is 5.10 Å². The predicted molar refractivity (Wildman–Crippen MR) is 68.4 cm³/mol. The molecule has 0 fully saturated rings.